The first-order valence-electron chi connectivity index (χ1n) is 7.12. The van der Waals surface area contributed by atoms with Gasteiger partial charge in [0.25, 0.3) is 0 Å². The number of ketones is 1. The summed E-state index contributed by atoms with van der Waals surface area (Å²) in [7, 11) is 0. The zero-order valence-corrected chi connectivity index (χ0v) is 11.9. The standard InChI is InChI=1S/C18H17FO2/c1-12-8-16(19)7-6-13(12)10-17(20)15-9-14-4-2-3-5-18(14)21-11-15/h2-8,15H,9-11H2,1H3. The van der Waals surface area contributed by atoms with Crippen LogP contribution in [0.25, 0.3) is 0 Å². The van der Waals surface area contributed by atoms with Gasteiger partial charge in [-0.1, -0.05) is 24.3 Å². The maximum Gasteiger partial charge on any atom is 0.144 e. The smallest absolute Gasteiger partial charge is 0.144 e. The summed E-state index contributed by atoms with van der Waals surface area (Å²) >= 11 is 0. The maximum absolute atomic E-state index is 13.1. The van der Waals surface area contributed by atoms with E-state index in [9.17, 15) is 9.18 Å². The van der Waals surface area contributed by atoms with Crippen LogP contribution in [0, 0.1) is 18.7 Å². The van der Waals surface area contributed by atoms with Gasteiger partial charge < -0.3 is 4.74 Å². The number of benzene rings is 2. The lowest BCUT2D eigenvalue weighted by Gasteiger charge is -2.24. The second-order valence-electron chi connectivity index (χ2n) is 5.53. The molecule has 1 unspecified atom stereocenters. The van der Waals surface area contributed by atoms with Gasteiger partial charge in [0, 0.05) is 6.42 Å². The van der Waals surface area contributed by atoms with Gasteiger partial charge in [0.15, 0.2) is 0 Å². The van der Waals surface area contributed by atoms with Crippen molar-refractivity contribution in [3.8, 4) is 5.75 Å². The monoisotopic (exact) mass is 284 g/mol. The third kappa shape index (κ3) is 2.97. The van der Waals surface area contributed by atoms with Crippen LogP contribution in [0.3, 0.4) is 0 Å². The summed E-state index contributed by atoms with van der Waals surface area (Å²) in [5.41, 5.74) is 2.79. The van der Waals surface area contributed by atoms with E-state index in [4.69, 9.17) is 4.74 Å². The highest BCUT2D eigenvalue weighted by Gasteiger charge is 2.25. The molecule has 1 aliphatic rings. The van der Waals surface area contributed by atoms with Crippen LogP contribution >= 0.6 is 0 Å². The predicted octanol–water partition coefficient (Wildman–Crippen LogP) is 3.50. The molecule has 1 aliphatic heterocycles. The quantitative estimate of drug-likeness (QED) is 0.862. The van der Waals surface area contributed by atoms with E-state index >= 15 is 0 Å². The lowest BCUT2D eigenvalue weighted by atomic mass is 9.89. The summed E-state index contributed by atoms with van der Waals surface area (Å²) in [6.07, 6.45) is 1.05. The molecule has 108 valence electrons. The van der Waals surface area contributed by atoms with E-state index in [0.29, 0.717) is 13.0 Å². The largest absolute Gasteiger partial charge is 0.493 e. The Morgan fingerprint density at radius 3 is 2.90 bits per heavy atom. The molecule has 0 aliphatic carbocycles. The molecule has 1 heterocycles. The molecule has 2 nitrogen and oxygen atoms in total. The molecule has 0 radical (unpaired) electrons. The van der Waals surface area contributed by atoms with Gasteiger partial charge in [0.1, 0.15) is 17.3 Å². The van der Waals surface area contributed by atoms with E-state index in [1.54, 1.807) is 6.07 Å². The third-order valence-electron chi connectivity index (χ3n) is 4.00. The number of fused-ring (bicyclic) bond motifs is 1. The zero-order valence-electron chi connectivity index (χ0n) is 11.9. The van der Waals surface area contributed by atoms with E-state index < -0.39 is 0 Å². The molecule has 0 N–H and O–H groups in total. The molecule has 0 saturated heterocycles. The maximum atomic E-state index is 13.1. The Morgan fingerprint density at radius 2 is 2.10 bits per heavy atom. The number of hydrogen-bond acceptors (Lipinski definition) is 2. The molecule has 1 atom stereocenters. The van der Waals surface area contributed by atoms with Crippen LogP contribution in [-0.4, -0.2) is 12.4 Å². The minimum absolute atomic E-state index is 0.121. The molecule has 0 aromatic heterocycles. The van der Waals surface area contributed by atoms with Gasteiger partial charge in [-0.05, 0) is 48.2 Å². The molecule has 3 rings (SSSR count). The molecule has 0 bridgehead atoms. The molecule has 0 fully saturated rings. The summed E-state index contributed by atoms with van der Waals surface area (Å²) < 4.78 is 18.8. The molecular formula is C18H17FO2. The van der Waals surface area contributed by atoms with Crippen molar-refractivity contribution in [1.29, 1.82) is 0 Å². The zero-order chi connectivity index (χ0) is 14.8. The lowest BCUT2D eigenvalue weighted by molar-refractivity contribution is -0.123. The van der Waals surface area contributed by atoms with Crippen molar-refractivity contribution >= 4 is 5.78 Å². The molecule has 0 saturated carbocycles. The van der Waals surface area contributed by atoms with E-state index in [1.807, 2.05) is 31.2 Å². The second kappa shape index (κ2) is 5.68. The molecule has 0 amide bonds. The van der Waals surface area contributed by atoms with Gasteiger partial charge in [0.2, 0.25) is 0 Å². The van der Waals surface area contributed by atoms with Crippen molar-refractivity contribution < 1.29 is 13.9 Å². The Hall–Kier alpha value is -2.16. The van der Waals surface area contributed by atoms with Crippen LogP contribution < -0.4 is 4.74 Å². The van der Waals surface area contributed by atoms with Crippen LogP contribution in [0.2, 0.25) is 0 Å². The molecule has 0 spiro atoms. The van der Waals surface area contributed by atoms with Crippen molar-refractivity contribution in [3.63, 3.8) is 0 Å². The number of aryl methyl sites for hydroxylation is 1. The molecule has 2 aromatic rings. The minimum Gasteiger partial charge on any atom is -0.493 e. The number of Topliss-reactive ketones (excluding diaryl/α,β-unsaturated/α-hetero) is 1. The summed E-state index contributed by atoms with van der Waals surface area (Å²) in [6, 6.07) is 12.4. The first-order valence-corrected chi connectivity index (χ1v) is 7.12. The first-order chi connectivity index (χ1) is 10.1. The van der Waals surface area contributed by atoms with Gasteiger partial charge in [-0.25, -0.2) is 4.39 Å². The van der Waals surface area contributed by atoms with Crippen LogP contribution in [0.1, 0.15) is 16.7 Å². The van der Waals surface area contributed by atoms with Crippen LogP contribution in [0.15, 0.2) is 42.5 Å². The number of hydrogen-bond donors (Lipinski definition) is 0. The Morgan fingerprint density at radius 1 is 1.29 bits per heavy atom. The van der Waals surface area contributed by atoms with Gasteiger partial charge >= 0.3 is 0 Å². The average Bonchev–Trinajstić information content (AvgIpc) is 2.49. The van der Waals surface area contributed by atoms with Gasteiger partial charge in [0.05, 0.1) is 12.5 Å². The van der Waals surface area contributed by atoms with E-state index in [2.05, 4.69) is 0 Å². The summed E-state index contributed by atoms with van der Waals surface area (Å²) in [5.74, 6) is 0.640. The highest BCUT2D eigenvalue weighted by Crippen LogP contribution is 2.28. The van der Waals surface area contributed by atoms with E-state index in [1.165, 1.54) is 12.1 Å². The highest BCUT2D eigenvalue weighted by molar-refractivity contribution is 5.84. The lowest BCUT2D eigenvalue weighted by Crippen LogP contribution is -2.29. The van der Waals surface area contributed by atoms with Crippen molar-refractivity contribution in [2.75, 3.05) is 6.61 Å². The van der Waals surface area contributed by atoms with Crippen LogP contribution in [0.5, 0.6) is 5.75 Å². The number of ether oxygens (including phenoxy) is 1. The third-order valence-corrected chi connectivity index (χ3v) is 4.00. The fourth-order valence-electron chi connectivity index (χ4n) is 2.72. The van der Waals surface area contributed by atoms with Gasteiger partial charge in [-0.15, -0.1) is 0 Å². The Kier molecular flexibility index (Phi) is 3.74. The number of rotatable bonds is 3. The minimum atomic E-state index is -0.265. The molecule has 2 aromatic carbocycles. The van der Waals surface area contributed by atoms with Crippen LogP contribution in [-0.2, 0) is 17.6 Å². The average molecular weight is 284 g/mol. The predicted molar refractivity (Wildman–Crippen MR) is 79.0 cm³/mol. The summed E-state index contributed by atoms with van der Waals surface area (Å²) in [6.45, 7) is 2.26. The Bertz CT molecular complexity index is 679. The van der Waals surface area contributed by atoms with Crippen molar-refractivity contribution in [3.05, 3.63) is 65.0 Å². The number of carbonyl (C=O) groups excluding carboxylic acids is 1. The highest BCUT2D eigenvalue weighted by atomic mass is 19.1. The molecule has 3 heteroatoms. The number of para-hydroxylation sites is 1. The van der Waals surface area contributed by atoms with Crippen molar-refractivity contribution in [2.24, 2.45) is 5.92 Å². The number of halogens is 1. The summed E-state index contributed by atoms with van der Waals surface area (Å²) in [4.78, 5) is 12.4. The second-order valence-corrected chi connectivity index (χ2v) is 5.53. The fraction of sp³-hybridized carbons (Fsp3) is 0.278. The normalized spacial score (nSPS) is 17.0. The Labute approximate surface area is 123 Å². The summed E-state index contributed by atoms with van der Waals surface area (Å²) in [5, 5.41) is 0. The van der Waals surface area contributed by atoms with Gasteiger partial charge in [-0.2, -0.15) is 0 Å². The first kappa shape index (κ1) is 13.8. The SMILES string of the molecule is Cc1cc(F)ccc1CC(=O)C1COc2ccccc2C1. The fourth-order valence-corrected chi connectivity index (χ4v) is 2.72. The molecule has 21 heavy (non-hydrogen) atoms. The van der Waals surface area contributed by atoms with E-state index in [-0.39, 0.29) is 17.5 Å². The van der Waals surface area contributed by atoms with E-state index in [0.717, 1.165) is 28.9 Å². The molecular weight excluding hydrogens is 267 g/mol. The topological polar surface area (TPSA) is 26.3 Å². The van der Waals surface area contributed by atoms with Gasteiger partial charge in [-0.3, -0.25) is 4.79 Å². The number of carbonyl (C=O) groups is 1. The Balaban J connectivity index is 1.72. The van der Waals surface area contributed by atoms with Crippen molar-refractivity contribution in [2.45, 2.75) is 19.8 Å². The van der Waals surface area contributed by atoms with Crippen LogP contribution in [0.4, 0.5) is 4.39 Å². The van der Waals surface area contributed by atoms with Crippen molar-refractivity contribution in [1.82, 2.24) is 0 Å².